The molecule has 4 heteroatoms. The molecule has 0 saturated heterocycles. The first-order valence-corrected chi connectivity index (χ1v) is 21.6. The molecule has 0 radical (unpaired) electrons. The molecular formula is C59H38N4. The number of rotatable bonds is 4. The third-order valence-electron chi connectivity index (χ3n) is 13.5. The van der Waals surface area contributed by atoms with Crippen LogP contribution in [0, 0.1) is 0 Å². The van der Waals surface area contributed by atoms with Gasteiger partial charge in [-0.05, 0) is 148 Å². The van der Waals surface area contributed by atoms with Crippen molar-refractivity contribution in [3.63, 3.8) is 0 Å². The van der Waals surface area contributed by atoms with Gasteiger partial charge < -0.3 is 0 Å². The molecule has 0 saturated carbocycles. The zero-order valence-electron chi connectivity index (χ0n) is 34.8. The summed E-state index contributed by atoms with van der Waals surface area (Å²) in [5, 5.41) is 9.70. The van der Waals surface area contributed by atoms with Crippen LogP contribution in [0.1, 0.15) is 25.0 Å². The Balaban J connectivity index is 1.12. The van der Waals surface area contributed by atoms with E-state index in [-0.39, 0.29) is 5.41 Å². The summed E-state index contributed by atoms with van der Waals surface area (Å²) in [5.41, 5.74) is 17.1. The predicted molar refractivity (Wildman–Crippen MR) is 262 cm³/mol. The van der Waals surface area contributed by atoms with Crippen LogP contribution in [-0.2, 0) is 5.41 Å². The summed E-state index contributed by atoms with van der Waals surface area (Å²) in [7, 11) is 0. The Labute approximate surface area is 364 Å². The SMILES string of the molecule is CC1(C)c2cc(-c3cnc4ccccc4n3)ccc2-c2cc3c(-c4ccc5ccccc5c4)c4ccc(-c5cnc6ccccc6n5)cc4c(-c4ccc5ccccc5c4)c3cc21. The number of hydrogen-bond acceptors (Lipinski definition) is 4. The quantitative estimate of drug-likeness (QED) is 0.166. The second-order valence-electron chi connectivity index (χ2n) is 17.5. The van der Waals surface area contributed by atoms with Crippen LogP contribution in [0.3, 0.4) is 0 Å². The molecule has 12 aromatic rings. The van der Waals surface area contributed by atoms with Gasteiger partial charge in [0.15, 0.2) is 0 Å². The second kappa shape index (κ2) is 13.5. The van der Waals surface area contributed by atoms with E-state index in [9.17, 15) is 0 Å². The van der Waals surface area contributed by atoms with Crippen molar-refractivity contribution < 1.29 is 0 Å². The lowest BCUT2D eigenvalue weighted by molar-refractivity contribution is 0.661. The highest BCUT2D eigenvalue weighted by Gasteiger charge is 2.37. The van der Waals surface area contributed by atoms with E-state index in [0.717, 1.165) is 44.6 Å². The van der Waals surface area contributed by atoms with Crippen molar-refractivity contribution >= 4 is 65.2 Å². The van der Waals surface area contributed by atoms with Gasteiger partial charge in [-0.1, -0.05) is 135 Å². The molecule has 10 aromatic carbocycles. The summed E-state index contributed by atoms with van der Waals surface area (Å²) in [4.78, 5) is 19.8. The van der Waals surface area contributed by atoms with Gasteiger partial charge in [0.05, 0.1) is 45.8 Å². The van der Waals surface area contributed by atoms with E-state index in [0.29, 0.717) is 0 Å². The molecule has 0 aliphatic heterocycles. The van der Waals surface area contributed by atoms with Gasteiger partial charge in [0.1, 0.15) is 0 Å². The fraction of sp³-hybridized carbons (Fsp3) is 0.0508. The highest BCUT2D eigenvalue weighted by atomic mass is 14.8. The Hall–Kier alpha value is -8.08. The van der Waals surface area contributed by atoms with Crippen LogP contribution in [-0.4, -0.2) is 19.9 Å². The smallest absolute Gasteiger partial charge is 0.0894 e. The summed E-state index contributed by atoms with van der Waals surface area (Å²) in [6.07, 6.45) is 3.82. The van der Waals surface area contributed by atoms with Gasteiger partial charge in [0.25, 0.3) is 0 Å². The van der Waals surface area contributed by atoms with Crippen molar-refractivity contribution in [1.29, 1.82) is 0 Å². The molecule has 0 amide bonds. The van der Waals surface area contributed by atoms with Gasteiger partial charge in [-0.3, -0.25) is 9.97 Å². The number of aromatic nitrogens is 4. The molecule has 0 fully saturated rings. The van der Waals surface area contributed by atoms with E-state index < -0.39 is 0 Å². The summed E-state index contributed by atoms with van der Waals surface area (Å²) >= 11 is 0. The Morgan fingerprint density at radius 1 is 0.333 bits per heavy atom. The number of para-hydroxylation sites is 4. The van der Waals surface area contributed by atoms with Crippen molar-refractivity contribution in [1.82, 2.24) is 19.9 Å². The molecule has 4 nitrogen and oxygen atoms in total. The highest BCUT2D eigenvalue weighted by Crippen LogP contribution is 2.54. The molecule has 63 heavy (non-hydrogen) atoms. The largest absolute Gasteiger partial charge is 0.252 e. The topological polar surface area (TPSA) is 51.6 Å². The van der Waals surface area contributed by atoms with Gasteiger partial charge in [0.2, 0.25) is 0 Å². The van der Waals surface area contributed by atoms with E-state index in [1.54, 1.807) is 0 Å². The van der Waals surface area contributed by atoms with Crippen LogP contribution in [0.2, 0.25) is 0 Å². The van der Waals surface area contributed by atoms with E-state index in [4.69, 9.17) is 19.9 Å². The minimum atomic E-state index is -0.291. The van der Waals surface area contributed by atoms with Gasteiger partial charge in [0, 0.05) is 16.5 Å². The van der Waals surface area contributed by atoms with Crippen LogP contribution in [0.5, 0.6) is 0 Å². The van der Waals surface area contributed by atoms with E-state index in [1.165, 1.54) is 87.6 Å². The maximum Gasteiger partial charge on any atom is 0.0894 e. The van der Waals surface area contributed by atoms with E-state index in [2.05, 4.69) is 147 Å². The molecule has 2 heterocycles. The standard InChI is InChI=1S/C59H38N4/c1-59(2)49-30-40(56-34-61-52-16-8-10-18-54(52)63-56)23-25-43(49)45-31-47-48(32-50(45)59)58(42-22-20-36-12-4-6-14-38(36)28-42)46-29-39(55-33-60-51-15-7-9-17-53(51)62-55)24-26-44(46)57(47)41-21-19-35-11-3-5-13-37(35)27-41/h3-34H,1-2H3. The fourth-order valence-corrected chi connectivity index (χ4v) is 10.3. The van der Waals surface area contributed by atoms with E-state index >= 15 is 0 Å². The summed E-state index contributed by atoms with van der Waals surface area (Å²) in [6.45, 7) is 4.74. The molecular weight excluding hydrogens is 765 g/mol. The molecule has 0 unspecified atom stereocenters. The Morgan fingerprint density at radius 3 is 1.41 bits per heavy atom. The zero-order valence-corrected chi connectivity index (χ0v) is 34.8. The molecule has 0 N–H and O–H groups in total. The van der Waals surface area contributed by atoms with Gasteiger partial charge in [-0.2, -0.15) is 0 Å². The Morgan fingerprint density at radius 2 is 0.794 bits per heavy atom. The van der Waals surface area contributed by atoms with Crippen LogP contribution in [0.4, 0.5) is 0 Å². The van der Waals surface area contributed by atoms with Crippen molar-refractivity contribution in [3.8, 4) is 55.9 Å². The minimum Gasteiger partial charge on any atom is -0.252 e. The maximum atomic E-state index is 5.13. The Kier molecular flexibility index (Phi) is 7.62. The van der Waals surface area contributed by atoms with Crippen molar-refractivity contribution in [2.24, 2.45) is 0 Å². The third-order valence-corrected chi connectivity index (χ3v) is 13.5. The van der Waals surface area contributed by atoms with Gasteiger partial charge in [-0.25, -0.2) is 9.97 Å². The number of benzene rings is 10. The van der Waals surface area contributed by atoms with Crippen LogP contribution < -0.4 is 0 Å². The first kappa shape index (κ1) is 35.7. The molecule has 2 aromatic heterocycles. The summed E-state index contributed by atoms with van der Waals surface area (Å²) in [6, 6.07) is 66.1. The molecule has 1 aliphatic rings. The monoisotopic (exact) mass is 802 g/mol. The number of hydrogen-bond donors (Lipinski definition) is 0. The molecule has 0 spiro atoms. The average Bonchev–Trinajstić information content (AvgIpc) is 3.55. The first-order chi connectivity index (χ1) is 30.9. The average molecular weight is 803 g/mol. The van der Waals surface area contributed by atoms with Crippen LogP contribution in [0.15, 0.2) is 194 Å². The van der Waals surface area contributed by atoms with Crippen molar-refractivity contribution in [2.45, 2.75) is 19.3 Å². The molecule has 294 valence electrons. The second-order valence-corrected chi connectivity index (χ2v) is 17.5. The fourth-order valence-electron chi connectivity index (χ4n) is 10.3. The first-order valence-electron chi connectivity index (χ1n) is 21.6. The van der Waals surface area contributed by atoms with Gasteiger partial charge >= 0.3 is 0 Å². The number of fused-ring (bicyclic) bond motifs is 9. The lowest BCUT2D eigenvalue weighted by Crippen LogP contribution is -2.15. The normalized spacial score (nSPS) is 13.0. The zero-order chi connectivity index (χ0) is 41.8. The van der Waals surface area contributed by atoms with Crippen LogP contribution >= 0.6 is 0 Å². The summed E-state index contributed by atoms with van der Waals surface area (Å²) < 4.78 is 0. The summed E-state index contributed by atoms with van der Waals surface area (Å²) in [5.74, 6) is 0. The number of nitrogens with zero attached hydrogens (tertiary/aromatic N) is 4. The minimum absolute atomic E-state index is 0.291. The molecule has 13 rings (SSSR count). The third kappa shape index (κ3) is 5.54. The van der Waals surface area contributed by atoms with Crippen molar-refractivity contribution in [2.75, 3.05) is 0 Å². The van der Waals surface area contributed by atoms with Crippen molar-refractivity contribution in [3.05, 3.63) is 206 Å². The maximum absolute atomic E-state index is 5.13. The Bertz CT molecular complexity index is 3900. The molecule has 1 aliphatic carbocycles. The highest BCUT2D eigenvalue weighted by molar-refractivity contribution is 6.23. The molecule has 0 bridgehead atoms. The predicted octanol–water partition coefficient (Wildman–Crippen LogP) is 15.2. The lowest BCUT2D eigenvalue weighted by Gasteiger charge is -2.24. The van der Waals surface area contributed by atoms with Crippen LogP contribution in [0.25, 0.3) is 121 Å². The lowest BCUT2D eigenvalue weighted by atomic mass is 9.79. The van der Waals surface area contributed by atoms with E-state index in [1.807, 2.05) is 60.9 Å². The molecule has 0 atom stereocenters. The van der Waals surface area contributed by atoms with Gasteiger partial charge in [-0.15, -0.1) is 0 Å².